The third kappa shape index (κ3) is 16.5. The van der Waals surface area contributed by atoms with Gasteiger partial charge in [-0.05, 0) is 73.9 Å². The molecule has 0 amide bonds. The molecule has 0 unspecified atom stereocenters. The van der Waals surface area contributed by atoms with Gasteiger partial charge in [-0.2, -0.15) is 0 Å². The number of aliphatic imine (C=N–C) groups is 2. The summed E-state index contributed by atoms with van der Waals surface area (Å²) < 4.78 is 0. The molecule has 39 heavy (non-hydrogen) atoms. The number of unbranched alkanes of at least 4 members (excludes halogenated alkanes) is 14. The fraction of sp³-hybridized carbons (Fsp3) is 0.622. The third-order valence-electron chi connectivity index (χ3n) is 7.63. The van der Waals surface area contributed by atoms with Crippen molar-refractivity contribution in [3.05, 3.63) is 59.7 Å². The quantitative estimate of drug-likeness (QED) is 0.101. The van der Waals surface area contributed by atoms with Gasteiger partial charge in [-0.25, -0.2) is 0 Å². The van der Waals surface area contributed by atoms with E-state index in [4.69, 9.17) is 9.98 Å². The Morgan fingerprint density at radius 2 is 1.00 bits per heavy atom. The first-order valence-corrected chi connectivity index (χ1v) is 16.5. The lowest BCUT2D eigenvalue weighted by molar-refractivity contribution is 0.589. The molecule has 0 radical (unpaired) electrons. The van der Waals surface area contributed by atoms with Crippen LogP contribution in [0.15, 0.2) is 58.5 Å². The van der Waals surface area contributed by atoms with Gasteiger partial charge < -0.3 is 0 Å². The lowest BCUT2D eigenvalue weighted by Crippen LogP contribution is -2.00. The minimum absolute atomic E-state index is 0.983. The number of rotatable bonds is 23. The Morgan fingerprint density at radius 3 is 1.56 bits per heavy atom. The molecule has 0 aliphatic rings. The Balaban J connectivity index is 1.93. The van der Waals surface area contributed by atoms with Gasteiger partial charge in [0.15, 0.2) is 0 Å². The lowest BCUT2D eigenvalue weighted by atomic mass is 10.0. The minimum Gasteiger partial charge on any atom is -0.255 e. The molecule has 216 valence electrons. The van der Waals surface area contributed by atoms with Gasteiger partial charge in [0.25, 0.3) is 0 Å². The first kappa shape index (κ1) is 33.0. The van der Waals surface area contributed by atoms with E-state index in [1.54, 1.807) is 0 Å². The van der Waals surface area contributed by atoms with Crippen LogP contribution in [0.4, 0.5) is 11.4 Å². The van der Waals surface area contributed by atoms with Crippen molar-refractivity contribution in [2.45, 2.75) is 149 Å². The van der Waals surface area contributed by atoms with Crippen LogP contribution in [0.5, 0.6) is 0 Å². The topological polar surface area (TPSA) is 24.7 Å². The largest absolute Gasteiger partial charge is 0.255 e. The average Bonchev–Trinajstić information content (AvgIpc) is 2.95. The van der Waals surface area contributed by atoms with E-state index in [0.717, 1.165) is 42.8 Å². The lowest BCUT2D eigenvalue weighted by Gasteiger charge is -2.06. The summed E-state index contributed by atoms with van der Waals surface area (Å²) in [6.45, 7) is 6.83. The van der Waals surface area contributed by atoms with Crippen LogP contribution in [-0.4, -0.2) is 11.9 Å². The summed E-state index contributed by atoms with van der Waals surface area (Å²) in [7, 11) is 0. The SMILES string of the molecule is CCCCCCCCCc1cccc(N=CC(CCCCC)=Nc2cccc(CCCCCCCCC)c2)c1. The smallest absolute Gasteiger partial charge is 0.0636 e. The van der Waals surface area contributed by atoms with Crippen molar-refractivity contribution >= 4 is 23.3 Å². The maximum atomic E-state index is 5.07. The molecular formula is C37H58N2. The molecule has 0 aliphatic heterocycles. The average molecular weight is 531 g/mol. The molecule has 2 heteroatoms. The van der Waals surface area contributed by atoms with Gasteiger partial charge in [-0.1, -0.05) is 135 Å². The van der Waals surface area contributed by atoms with Crippen LogP contribution >= 0.6 is 0 Å². The van der Waals surface area contributed by atoms with Crippen LogP contribution < -0.4 is 0 Å². The van der Waals surface area contributed by atoms with Crippen molar-refractivity contribution in [3.8, 4) is 0 Å². The van der Waals surface area contributed by atoms with E-state index in [1.807, 2.05) is 6.21 Å². The second-order valence-electron chi connectivity index (χ2n) is 11.4. The summed E-state index contributed by atoms with van der Waals surface area (Å²) in [4.78, 5) is 9.94. The molecule has 0 heterocycles. The molecule has 0 saturated heterocycles. The van der Waals surface area contributed by atoms with E-state index in [-0.39, 0.29) is 0 Å². The molecule has 0 aromatic heterocycles. The highest BCUT2D eigenvalue weighted by Gasteiger charge is 2.02. The van der Waals surface area contributed by atoms with E-state index in [9.17, 15) is 0 Å². The third-order valence-corrected chi connectivity index (χ3v) is 7.63. The predicted octanol–water partition coefficient (Wildman–Crippen LogP) is 12.3. The normalized spacial score (nSPS) is 12.0. The van der Waals surface area contributed by atoms with Gasteiger partial charge >= 0.3 is 0 Å². The number of hydrogen-bond donors (Lipinski definition) is 0. The molecule has 0 N–H and O–H groups in total. The summed E-state index contributed by atoms with van der Waals surface area (Å²) in [5, 5.41) is 0. The van der Waals surface area contributed by atoms with Crippen LogP contribution in [0.3, 0.4) is 0 Å². The van der Waals surface area contributed by atoms with Gasteiger partial charge in [0, 0.05) is 6.21 Å². The van der Waals surface area contributed by atoms with E-state index < -0.39 is 0 Å². The maximum Gasteiger partial charge on any atom is 0.0636 e. The Kier molecular flexibility index (Phi) is 19.1. The first-order valence-electron chi connectivity index (χ1n) is 16.5. The molecule has 0 aliphatic carbocycles. The maximum absolute atomic E-state index is 5.07. The van der Waals surface area contributed by atoms with Gasteiger partial charge in [-0.3, -0.25) is 9.98 Å². The van der Waals surface area contributed by atoms with Gasteiger partial charge in [0.05, 0.1) is 17.1 Å². The van der Waals surface area contributed by atoms with Crippen LogP contribution in [0.2, 0.25) is 0 Å². The van der Waals surface area contributed by atoms with Gasteiger partial charge in [0.2, 0.25) is 0 Å². The molecule has 0 bridgehead atoms. The van der Waals surface area contributed by atoms with Crippen molar-refractivity contribution in [1.82, 2.24) is 0 Å². The predicted molar refractivity (Wildman–Crippen MR) is 176 cm³/mol. The molecule has 2 nitrogen and oxygen atoms in total. The second-order valence-corrected chi connectivity index (χ2v) is 11.4. The van der Waals surface area contributed by atoms with Crippen molar-refractivity contribution in [2.75, 3.05) is 0 Å². The zero-order valence-electron chi connectivity index (χ0n) is 25.7. The minimum atomic E-state index is 0.983. The molecule has 2 rings (SSSR count). The Bertz CT molecular complexity index is 927. The van der Waals surface area contributed by atoms with Gasteiger partial charge in [0.1, 0.15) is 0 Å². The molecule has 0 atom stereocenters. The molecule has 0 fully saturated rings. The number of nitrogens with zero attached hydrogens (tertiary/aromatic N) is 2. The molecule has 0 saturated carbocycles. The Hall–Kier alpha value is -2.22. The summed E-state index contributed by atoms with van der Waals surface area (Å²) in [6, 6.07) is 17.7. The molecule has 2 aromatic rings. The van der Waals surface area contributed by atoms with Gasteiger partial charge in [-0.15, -0.1) is 0 Å². The van der Waals surface area contributed by atoms with Crippen LogP contribution in [-0.2, 0) is 12.8 Å². The first-order chi connectivity index (χ1) is 19.2. The van der Waals surface area contributed by atoms with Crippen molar-refractivity contribution in [3.63, 3.8) is 0 Å². The van der Waals surface area contributed by atoms with Crippen molar-refractivity contribution in [2.24, 2.45) is 9.98 Å². The Morgan fingerprint density at radius 1 is 0.538 bits per heavy atom. The van der Waals surface area contributed by atoms with Crippen molar-refractivity contribution < 1.29 is 0 Å². The number of aryl methyl sites for hydroxylation is 2. The molecule has 2 aromatic carbocycles. The van der Waals surface area contributed by atoms with E-state index >= 15 is 0 Å². The van der Waals surface area contributed by atoms with Crippen LogP contribution in [0, 0.1) is 0 Å². The highest BCUT2D eigenvalue weighted by molar-refractivity contribution is 6.31. The Labute approximate surface area is 241 Å². The van der Waals surface area contributed by atoms with Crippen LogP contribution in [0.25, 0.3) is 0 Å². The van der Waals surface area contributed by atoms with E-state index in [0.29, 0.717) is 0 Å². The fourth-order valence-corrected chi connectivity index (χ4v) is 5.17. The monoisotopic (exact) mass is 530 g/mol. The van der Waals surface area contributed by atoms with Crippen LogP contribution in [0.1, 0.15) is 147 Å². The second kappa shape index (κ2) is 22.6. The van der Waals surface area contributed by atoms with E-state index in [1.165, 1.54) is 114 Å². The standard InChI is InChI=1S/C37H58N2/c1-4-7-10-12-14-16-19-23-33-25-21-28-35(30-33)38-32-37(27-18-9-6-3)39-36-29-22-26-34(31-36)24-20-17-15-13-11-8-5-2/h21-22,25-26,28-32H,4-20,23-24,27H2,1-3H3. The summed E-state index contributed by atoms with van der Waals surface area (Å²) in [6.07, 6.45) is 27.9. The summed E-state index contributed by atoms with van der Waals surface area (Å²) >= 11 is 0. The summed E-state index contributed by atoms with van der Waals surface area (Å²) in [5.74, 6) is 0. The fourth-order valence-electron chi connectivity index (χ4n) is 5.17. The van der Waals surface area contributed by atoms with E-state index in [2.05, 4.69) is 69.3 Å². The highest BCUT2D eigenvalue weighted by atomic mass is 14.8. The molecule has 0 spiro atoms. The number of hydrogen-bond acceptors (Lipinski definition) is 2. The number of benzene rings is 2. The molecular weight excluding hydrogens is 472 g/mol. The highest BCUT2D eigenvalue weighted by Crippen LogP contribution is 2.20. The zero-order chi connectivity index (χ0) is 27.8. The van der Waals surface area contributed by atoms with Crippen molar-refractivity contribution in [1.29, 1.82) is 0 Å². The zero-order valence-corrected chi connectivity index (χ0v) is 25.7. The summed E-state index contributed by atoms with van der Waals surface area (Å²) in [5.41, 5.74) is 6.02.